The molecule has 1 aromatic rings. The summed E-state index contributed by atoms with van der Waals surface area (Å²) in [6.07, 6.45) is 3.11. The van der Waals surface area contributed by atoms with Gasteiger partial charge in [0.05, 0.1) is 11.9 Å². The highest BCUT2D eigenvalue weighted by Gasteiger charge is 2.22. The van der Waals surface area contributed by atoms with Crippen LogP contribution in [-0.2, 0) is 11.3 Å². The molecule has 5 nitrogen and oxygen atoms in total. The van der Waals surface area contributed by atoms with Crippen LogP contribution in [0.1, 0.15) is 26.2 Å². The lowest BCUT2D eigenvalue weighted by Gasteiger charge is -2.27. The molecule has 1 aliphatic heterocycles. The van der Waals surface area contributed by atoms with Gasteiger partial charge in [-0.1, -0.05) is 6.92 Å². The third-order valence-corrected chi connectivity index (χ3v) is 3.89. The van der Waals surface area contributed by atoms with Gasteiger partial charge in [-0.15, -0.1) is 0 Å². The Hall–Kier alpha value is -1.50. The Morgan fingerprint density at radius 1 is 1.62 bits per heavy atom. The smallest absolute Gasteiger partial charge is 0.257 e. The molecule has 0 saturated carbocycles. The summed E-state index contributed by atoms with van der Waals surface area (Å²) in [6.45, 7) is 3.64. The van der Waals surface area contributed by atoms with Crippen LogP contribution in [0.3, 0.4) is 0 Å². The highest BCUT2D eigenvalue weighted by Crippen LogP contribution is 2.23. The second-order valence-corrected chi connectivity index (χ2v) is 5.68. The fraction of sp³-hybridized carbons (Fsp3) is 0.714. The van der Waals surface area contributed by atoms with E-state index in [1.807, 2.05) is 0 Å². The molecule has 1 fully saturated rings. The normalized spacial score (nSPS) is 20.5. The summed E-state index contributed by atoms with van der Waals surface area (Å²) in [7, 11) is 0. The van der Waals surface area contributed by atoms with Gasteiger partial charge in [-0.3, -0.25) is 9.48 Å². The second kappa shape index (κ2) is 7.49. The van der Waals surface area contributed by atoms with Crippen molar-refractivity contribution in [3.05, 3.63) is 12.4 Å². The quantitative estimate of drug-likeness (QED) is 0.846. The Labute approximate surface area is 123 Å². The number of amides is 1. The van der Waals surface area contributed by atoms with Crippen LogP contribution in [0.25, 0.3) is 0 Å². The number of carbonyl (C=O) groups is 1. The number of piperidine rings is 1. The first-order valence-corrected chi connectivity index (χ1v) is 7.35. The van der Waals surface area contributed by atoms with Crippen molar-refractivity contribution in [2.75, 3.05) is 18.4 Å². The van der Waals surface area contributed by atoms with Crippen LogP contribution in [-0.4, -0.2) is 35.2 Å². The van der Waals surface area contributed by atoms with Crippen LogP contribution >= 0.6 is 0 Å². The van der Waals surface area contributed by atoms with Gasteiger partial charge < -0.3 is 10.6 Å². The molecule has 0 radical (unpaired) electrons. The maximum absolute atomic E-state index is 12.2. The Balaban J connectivity index is 1.79. The summed E-state index contributed by atoms with van der Waals surface area (Å²) in [5.41, 5.74) is 0.467. The van der Waals surface area contributed by atoms with Gasteiger partial charge in [0.15, 0.2) is 0 Å². The summed E-state index contributed by atoms with van der Waals surface area (Å²) in [5.74, 6) is 0.727. The first-order valence-electron chi connectivity index (χ1n) is 7.35. The number of hydrogen-bond acceptors (Lipinski definition) is 3. The number of aromatic nitrogens is 2. The summed E-state index contributed by atoms with van der Waals surface area (Å²) < 4.78 is 25.6. The van der Waals surface area contributed by atoms with Crippen molar-refractivity contribution >= 4 is 11.6 Å². The molecule has 7 heteroatoms. The van der Waals surface area contributed by atoms with Crippen molar-refractivity contribution in [1.82, 2.24) is 15.1 Å². The number of carbonyl (C=O) groups excluding carboxylic acids is 1. The zero-order valence-corrected chi connectivity index (χ0v) is 12.2. The molecule has 2 rings (SSSR count). The molecule has 1 amide bonds. The molecule has 118 valence electrons. The minimum Gasteiger partial charge on any atom is -0.323 e. The SMILES string of the molecule is CC(CC(=O)Nc1cnn(CC(F)F)c1)C1CCCNC1. The Kier molecular flexibility index (Phi) is 5.67. The predicted molar refractivity (Wildman–Crippen MR) is 76.2 cm³/mol. The first kappa shape index (κ1) is 15.9. The van der Waals surface area contributed by atoms with Crippen LogP contribution in [0.15, 0.2) is 12.4 Å². The Bertz CT molecular complexity index is 458. The monoisotopic (exact) mass is 300 g/mol. The maximum atomic E-state index is 12.2. The Morgan fingerprint density at radius 2 is 2.43 bits per heavy atom. The molecule has 1 aromatic heterocycles. The lowest BCUT2D eigenvalue weighted by Crippen LogP contribution is -2.34. The van der Waals surface area contributed by atoms with E-state index in [-0.39, 0.29) is 5.91 Å². The fourth-order valence-electron chi connectivity index (χ4n) is 2.70. The lowest BCUT2D eigenvalue weighted by molar-refractivity contribution is -0.117. The van der Waals surface area contributed by atoms with Gasteiger partial charge in [0, 0.05) is 12.6 Å². The van der Waals surface area contributed by atoms with E-state index in [1.54, 1.807) is 0 Å². The molecule has 2 heterocycles. The number of anilines is 1. The van der Waals surface area contributed by atoms with Crippen molar-refractivity contribution in [3.8, 4) is 0 Å². The fourth-order valence-corrected chi connectivity index (χ4v) is 2.70. The molecule has 1 saturated heterocycles. The van der Waals surface area contributed by atoms with E-state index < -0.39 is 13.0 Å². The summed E-state index contributed by atoms with van der Waals surface area (Å²) in [4.78, 5) is 12.0. The first-order chi connectivity index (χ1) is 10.0. The average molecular weight is 300 g/mol. The second-order valence-electron chi connectivity index (χ2n) is 5.68. The molecule has 1 aliphatic rings. The van der Waals surface area contributed by atoms with Crippen LogP contribution in [0, 0.1) is 11.8 Å². The molecular formula is C14H22F2N4O. The molecule has 2 N–H and O–H groups in total. The van der Waals surface area contributed by atoms with Crippen LogP contribution in [0.2, 0.25) is 0 Å². The van der Waals surface area contributed by atoms with Crippen molar-refractivity contribution in [1.29, 1.82) is 0 Å². The molecule has 0 bridgehead atoms. The van der Waals surface area contributed by atoms with Gasteiger partial charge in [-0.25, -0.2) is 8.78 Å². The third-order valence-electron chi connectivity index (χ3n) is 3.89. The highest BCUT2D eigenvalue weighted by molar-refractivity contribution is 5.90. The highest BCUT2D eigenvalue weighted by atomic mass is 19.3. The number of alkyl halides is 2. The average Bonchev–Trinajstić information content (AvgIpc) is 2.85. The summed E-state index contributed by atoms with van der Waals surface area (Å²) in [6, 6.07) is 0. The number of rotatable bonds is 6. The minimum atomic E-state index is -2.45. The van der Waals surface area contributed by atoms with Gasteiger partial charge in [0.2, 0.25) is 5.91 Å². The summed E-state index contributed by atoms with van der Waals surface area (Å²) in [5, 5.41) is 9.85. The number of halogens is 2. The van der Waals surface area contributed by atoms with Crippen LogP contribution in [0.5, 0.6) is 0 Å². The molecule has 21 heavy (non-hydrogen) atoms. The maximum Gasteiger partial charge on any atom is 0.257 e. The molecule has 0 spiro atoms. The van der Waals surface area contributed by atoms with E-state index in [2.05, 4.69) is 22.7 Å². The van der Waals surface area contributed by atoms with Crippen LogP contribution in [0.4, 0.5) is 14.5 Å². The van der Waals surface area contributed by atoms with Gasteiger partial charge >= 0.3 is 0 Å². The number of nitrogens with zero attached hydrogens (tertiary/aromatic N) is 2. The topological polar surface area (TPSA) is 59.0 Å². The van der Waals surface area contributed by atoms with E-state index in [4.69, 9.17) is 0 Å². The van der Waals surface area contributed by atoms with E-state index in [1.165, 1.54) is 12.4 Å². The van der Waals surface area contributed by atoms with E-state index in [0.717, 1.165) is 30.6 Å². The van der Waals surface area contributed by atoms with Gasteiger partial charge in [0.25, 0.3) is 6.43 Å². The predicted octanol–water partition coefficient (Wildman–Crippen LogP) is 2.11. The zero-order chi connectivity index (χ0) is 15.2. The van der Waals surface area contributed by atoms with Gasteiger partial charge in [0.1, 0.15) is 6.54 Å². The lowest BCUT2D eigenvalue weighted by atomic mass is 9.85. The van der Waals surface area contributed by atoms with E-state index in [9.17, 15) is 13.6 Å². The van der Waals surface area contributed by atoms with Gasteiger partial charge in [-0.05, 0) is 37.8 Å². The van der Waals surface area contributed by atoms with Gasteiger partial charge in [-0.2, -0.15) is 5.10 Å². The van der Waals surface area contributed by atoms with Crippen molar-refractivity contribution in [2.45, 2.75) is 39.2 Å². The largest absolute Gasteiger partial charge is 0.323 e. The minimum absolute atomic E-state index is 0.0929. The van der Waals surface area contributed by atoms with Crippen molar-refractivity contribution in [3.63, 3.8) is 0 Å². The Morgan fingerprint density at radius 3 is 3.10 bits per heavy atom. The third kappa shape index (κ3) is 5.08. The zero-order valence-electron chi connectivity index (χ0n) is 12.2. The number of hydrogen-bond donors (Lipinski definition) is 2. The van der Waals surface area contributed by atoms with Crippen LogP contribution < -0.4 is 10.6 Å². The number of nitrogens with one attached hydrogen (secondary N) is 2. The molecule has 0 aliphatic carbocycles. The molecule has 2 atom stereocenters. The molecule has 0 aromatic carbocycles. The summed E-state index contributed by atoms with van der Waals surface area (Å²) >= 11 is 0. The van der Waals surface area contributed by atoms with E-state index >= 15 is 0 Å². The van der Waals surface area contributed by atoms with E-state index in [0.29, 0.717) is 23.9 Å². The van der Waals surface area contributed by atoms with Crippen molar-refractivity contribution in [2.24, 2.45) is 11.8 Å². The molecule has 2 unspecified atom stereocenters. The van der Waals surface area contributed by atoms with Crippen molar-refractivity contribution < 1.29 is 13.6 Å². The molecular weight excluding hydrogens is 278 g/mol. The standard InChI is InChI=1S/C14H22F2N4O/c1-10(11-3-2-4-17-6-11)5-14(21)19-12-7-18-20(8-12)9-13(15)16/h7-8,10-11,13,17H,2-6,9H2,1H3,(H,19,21).